The van der Waals surface area contributed by atoms with Crippen LogP contribution >= 0.6 is 24.0 Å². The minimum absolute atomic E-state index is 0. The van der Waals surface area contributed by atoms with Gasteiger partial charge in [0, 0.05) is 32.7 Å². The molecular formula is C24H36IN3O3. The van der Waals surface area contributed by atoms with Gasteiger partial charge in [-0.1, -0.05) is 37.6 Å². The zero-order chi connectivity index (χ0) is 20.9. The molecule has 1 aromatic heterocycles. The lowest BCUT2D eigenvalue weighted by molar-refractivity contribution is -0.0390. The van der Waals surface area contributed by atoms with Crippen LogP contribution in [0, 0.1) is 0 Å². The smallest absolute Gasteiger partial charge is 0.191 e. The summed E-state index contributed by atoms with van der Waals surface area (Å²) in [7, 11) is 0. The van der Waals surface area contributed by atoms with Crippen LogP contribution in [0.15, 0.2) is 52.1 Å². The quantitative estimate of drug-likeness (QED) is 0.187. The number of hydrogen-bond acceptors (Lipinski definition) is 4. The highest BCUT2D eigenvalue weighted by Crippen LogP contribution is 2.14. The van der Waals surface area contributed by atoms with Crippen molar-refractivity contribution in [3.63, 3.8) is 0 Å². The van der Waals surface area contributed by atoms with Crippen LogP contribution in [0.1, 0.15) is 49.5 Å². The lowest BCUT2D eigenvalue weighted by Crippen LogP contribution is -2.38. The molecule has 7 heteroatoms. The first kappa shape index (κ1) is 25.7. The van der Waals surface area contributed by atoms with Crippen LogP contribution in [0.25, 0.3) is 0 Å². The normalized spacial score (nSPS) is 14.8. The predicted molar refractivity (Wildman–Crippen MR) is 135 cm³/mol. The molecule has 0 aliphatic carbocycles. The monoisotopic (exact) mass is 541 g/mol. The van der Waals surface area contributed by atoms with Crippen LogP contribution in [0.4, 0.5) is 0 Å². The van der Waals surface area contributed by atoms with E-state index < -0.39 is 0 Å². The standard InChI is InChI=1S/C24H35N3O3.HI/c1-2-3-13-25-24(26-14-10-22-5-4-15-29-22)27-18-20-6-8-21(9-7-20)19-30-23-11-16-28-17-12-23;/h4-9,15,23H,2-3,10-14,16-19H2,1H3,(H2,25,26,27);1H. The summed E-state index contributed by atoms with van der Waals surface area (Å²) in [6.45, 7) is 6.82. The van der Waals surface area contributed by atoms with Gasteiger partial charge >= 0.3 is 0 Å². The van der Waals surface area contributed by atoms with Crippen molar-refractivity contribution < 1.29 is 13.9 Å². The van der Waals surface area contributed by atoms with E-state index in [1.165, 1.54) is 11.1 Å². The molecule has 0 amide bonds. The fraction of sp³-hybridized carbons (Fsp3) is 0.542. The highest BCUT2D eigenvalue weighted by atomic mass is 127. The van der Waals surface area contributed by atoms with Crippen molar-refractivity contribution in [1.82, 2.24) is 10.6 Å². The summed E-state index contributed by atoms with van der Waals surface area (Å²) in [5, 5.41) is 6.82. The second-order valence-electron chi connectivity index (χ2n) is 7.64. The van der Waals surface area contributed by atoms with Crippen LogP contribution < -0.4 is 10.6 Å². The number of aliphatic imine (C=N–C) groups is 1. The second-order valence-corrected chi connectivity index (χ2v) is 7.64. The molecule has 0 atom stereocenters. The van der Waals surface area contributed by atoms with Gasteiger partial charge in [-0.05, 0) is 42.5 Å². The number of furan rings is 1. The van der Waals surface area contributed by atoms with Crippen LogP contribution in [0.5, 0.6) is 0 Å². The van der Waals surface area contributed by atoms with Crippen LogP contribution in [0.2, 0.25) is 0 Å². The lowest BCUT2D eigenvalue weighted by atomic mass is 10.1. The molecule has 1 aliphatic heterocycles. The van der Waals surface area contributed by atoms with Crippen molar-refractivity contribution >= 4 is 29.9 Å². The van der Waals surface area contributed by atoms with Crippen LogP contribution in [-0.2, 0) is 29.0 Å². The molecule has 2 heterocycles. The van der Waals surface area contributed by atoms with E-state index in [2.05, 4.69) is 41.8 Å². The topological polar surface area (TPSA) is 68.0 Å². The van der Waals surface area contributed by atoms with E-state index in [4.69, 9.17) is 18.9 Å². The number of benzene rings is 1. The first-order valence-electron chi connectivity index (χ1n) is 11.1. The van der Waals surface area contributed by atoms with E-state index in [0.717, 1.165) is 70.1 Å². The maximum atomic E-state index is 6.00. The number of ether oxygens (including phenoxy) is 2. The average molecular weight is 541 g/mol. The van der Waals surface area contributed by atoms with Gasteiger partial charge < -0.3 is 24.5 Å². The number of guanidine groups is 1. The lowest BCUT2D eigenvalue weighted by Gasteiger charge is -2.22. The van der Waals surface area contributed by atoms with Crippen LogP contribution in [-0.4, -0.2) is 38.4 Å². The van der Waals surface area contributed by atoms with Gasteiger partial charge in [0.1, 0.15) is 5.76 Å². The van der Waals surface area contributed by atoms with Crippen molar-refractivity contribution in [1.29, 1.82) is 0 Å². The molecule has 6 nitrogen and oxygen atoms in total. The molecule has 3 rings (SSSR count). The Bertz CT molecular complexity index is 729. The molecule has 2 N–H and O–H groups in total. The summed E-state index contributed by atoms with van der Waals surface area (Å²) in [6, 6.07) is 12.5. The number of nitrogens with one attached hydrogen (secondary N) is 2. The van der Waals surface area contributed by atoms with Gasteiger partial charge in [-0.15, -0.1) is 24.0 Å². The van der Waals surface area contributed by atoms with Gasteiger partial charge in [0.25, 0.3) is 0 Å². The molecule has 2 aromatic rings. The fourth-order valence-corrected chi connectivity index (χ4v) is 3.28. The average Bonchev–Trinajstić information content (AvgIpc) is 3.31. The van der Waals surface area contributed by atoms with E-state index in [1.54, 1.807) is 6.26 Å². The number of unbranched alkanes of at least 4 members (excludes halogenated alkanes) is 1. The third kappa shape index (κ3) is 10.1. The Balaban J connectivity index is 0.00000341. The molecule has 172 valence electrons. The number of nitrogens with zero attached hydrogens (tertiary/aromatic N) is 1. The SMILES string of the molecule is CCCCNC(=NCc1ccc(COC2CCOCC2)cc1)NCCc1ccco1.I. The number of halogens is 1. The van der Waals surface area contributed by atoms with E-state index in [1.807, 2.05) is 12.1 Å². The highest BCUT2D eigenvalue weighted by molar-refractivity contribution is 14.0. The zero-order valence-corrected chi connectivity index (χ0v) is 20.8. The van der Waals surface area contributed by atoms with Gasteiger partial charge in [-0.2, -0.15) is 0 Å². The van der Waals surface area contributed by atoms with Crippen molar-refractivity contribution in [3.8, 4) is 0 Å². The Kier molecular flexibility index (Phi) is 12.6. The molecule has 0 unspecified atom stereocenters. The van der Waals surface area contributed by atoms with Gasteiger partial charge in [-0.3, -0.25) is 0 Å². The third-order valence-electron chi connectivity index (χ3n) is 5.16. The number of rotatable bonds is 11. The molecule has 0 spiro atoms. The molecule has 1 aromatic carbocycles. The second kappa shape index (κ2) is 15.3. The molecule has 1 fully saturated rings. The summed E-state index contributed by atoms with van der Waals surface area (Å²) in [5.41, 5.74) is 2.39. The molecule has 0 bridgehead atoms. The number of hydrogen-bond donors (Lipinski definition) is 2. The van der Waals surface area contributed by atoms with E-state index in [0.29, 0.717) is 19.3 Å². The largest absolute Gasteiger partial charge is 0.469 e. The van der Waals surface area contributed by atoms with Gasteiger partial charge in [-0.25, -0.2) is 4.99 Å². The predicted octanol–water partition coefficient (Wildman–Crippen LogP) is 4.67. The molecule has 31 heavy (non-hydrogen) atoms. The first-order chi connectivity index (χ1) is 14.8. The minimum Gasteiger partial charge on any atom is -0.469 e. The van der Waals surface area contributed by atoms with Crippen molar-refractivity contribution in [2.45, 2.75) is 58.3 Å². The Labute approximate surface area is 203 Å². The van der Waals surface area contributed by atoms with E-state index in [9.17, 15) is 0 Å². The Morgan fingerprint density at radius 2 is 1.81 bits per heavy atom. The molecule has 1 saturated heterocycles. The first-order valence-corrected chi connectivity index (χ1v) is 11.1. The van der Waals surface area contributed by atoms with Gasteiger partial charge in [0.15, 0.2) is 5.96 Å². The summed E-state index contributed by atoms with van der Waals surface area (Å²) >= 11 is 0. The summed E-state index contributed by atoms with van der Waals surface area (Å²) in [4.78, 5) is 4.75. The van der Waals surface area contributed by atoms with Gasteiger partial charge in [0.05, 0.1) is 25.5 Å². The van der Waals surface area contributed by atoms with Crippen LogP contribution in [0.3, 0.4) is 0 Å². The zero-order valence-electron chi connectivity index (χ0n) is 18.5. The highest BCUT2D eigenvalue weighted by Gasteiger charge is 2.13. The molecule has 0 saturated carbocycles. The van der Waals surface area contributed by atoms with E-state index in [-0.39, 0.29) is 24.0 Å². The van der Waals surface area contributed by atoms with Crippen molar-refractivity contribution in [2.75, 3.05) is 26.3 Å². The Morgan fingerprint density at radius 3 is 2.52 bits per heavy atom. The third-order valence-corrected chi connectivity index (χ3v) is 5.16. The fourth-order valence-electron chi connectivity index (χ4n) is 3.28. The minimum atomic E-state index is 0. The van der Waals surface area contributed by atoms with E-state index >= 15 is 0 Å². The van der Waals surface area contributed by atoms with Crippen molar-refractivity contribution in [2.24, 2.45) is 4.99 Å². The molecule has 0 radical (unpaired) electrons. The maximum absolute atomic E-state index is 6.00. The Morgan fingerprint density at radius 1 is 1.06 bits per heavy atom. The molecular weight excluding hydrogens is 505 g/mol. The Hall–Kier alpha value is -1.58. The van der Waals surface area contributed by atoms with Gasteiger partial charge in [0.2, 0.25) is 0 Å². The summed E-state index contributed by atoms with van der Waals surface area (Å²) in [6.07, 6.45) is 7.14. The maximum Gasteiger partial charge on any atom is 0.191 e. The summed E-state index contributed by atoms with van der Waals surface area (Å²) in [5.74, 6) is 1.83. The summed E-state index contributed by atoms with van der Waals surface area (Å²) < 4.78 is 16.8. The van der Waals surface area contributed by atoms with Crippen molar-refractivity contribution in [3.05, 3.63) is 59.5 Å². The molecule has 1 aliphatic rings.